The van der Waals surface area contributed by atoms with Crippen molar-refractivity contribution in [2.24, 2.45) is 11.8 Å². The highest BCUT2D eigenvalue weighted by Crippen LogP contribution is 2.31. The van der Waals surface area contributed by atoms with Crippen molar-refractivity contribution in [1.82, 2.24) is 4.90 Å². The third kappa shape index (κ3) is 4.35. The molecule has 0 atom stereocenters. The largest absolute Gasteiger partial charge is 0.343 e. The van der Waals surface area contributed by atoms with Crippen LogP contribution >= 0.6 is 0 Å². The van der Waals surface area contributed by atoms with Crippen molar-refractivity contribution in [3.63, 3.8) is 0 Å². The van der Waals surface area contributed by atoms with E-state index in [-0.39, 0.29) is 23.7 Å². The molecule has 128 valence electrons. The first-order valence-electron chi connectivity index (χ1n) is 8.68. The summed E-state index contributed by atoms with van der Waals surface area (Å²) < 4.78 is 0. The van der Waals surface area contributed by atoms with E-state index >= 15 is 0 Å². The van der Waals surface area contributed by atoms with Crippen LogP contribution < -0.4 is 5.32 Å². The number of benzene rings is 1. The number of carbonyl (C=O) groups is 2. The Balaban J connectivity index is 1.86. The molecule has 5 heteroatoms. The van der Waals surface area contributed by atoms with Crippen LogP contribution in [-0.4, -0.2) is 29.8 Å². The van der Waals surface area contributed by atoms with Gasteiger partial charge in [-0.05, 0) is 63.8 Å². The van der Waals surface area contributed by atoms with E-state index in [4.69, 9.17) is 5.26 Å². The first-order chi connectivity index (χ1) is 11.6. The van der Waals surface area contributed by atoms with Gasteiger partial charge in [-0.3, -0.25) is 9.59 Å². The highest BCUT2D eigenvalue weighted by atomic mass is 16.2. The number of nitrogens with zero attached hydrogens (tertiary/aromatic N) is 2. The van der Waals surface area contributed by atoms with E-state index in [0.29, 0.717) is 11.3 Å². The van der Waals surface area contributed by atoms with Crippen LogP contribution in [0.3, 0.4) is 0 Å². The zero-order chi connectivity index (χ0) is 17.5. The molecule has 0 saturated heterocycles. The molecule has 0 heterocycles. The van der Waals surface area contributed by atoms with Crippen molar-refractivity contribution in [2.75, 3.05) is 18.4 Å². The van der Waals surface area contributed by atoms with Crippen molar-refractivity contribution >= 4 is 17.5 Å². The Morgan fingerprint density at radius 3 is 2.12 bits per heavy atom. The summed E-state index contributed by atoms with van der Waals surface area (Å²) in [5, 5.41) is 11.7. The highest BCUT2D eigenvalue weighted by molar-refractivity contribution is 5.92. The second-order valence-corrected chi connectivity index (χ2v) is 6.24. The Hall–Kier alpha value is -2.35. The standard InChI is InChI=1S/C19H25N3O2/c1-3-22(4-2)19(24)16-9-7-15(8-10-16)18(23)21-17-11-5-14(13-20)6-12-17/h5-6,11-12,15-16H,3-4,7-10H2,1-2H3,(H,21,23). The minimum absolute atomic E-state index is 0.00782. The second kappa shape index (κ2) is 8.49. The smallest absolute Gasteiger partial charge is 0.227 e. The lowest BCUT2D eigenvalue weighted by Gasteiger charge is -2.30. The van der Waals surface area contributed by atoms with Gasteiger partial charge in [-0.1, -0.05) is 0 Å². The van der Waals surface area contributed by atoms with Crippen molar-refractivity contribution in [1.29, 1.82) is 5.26 Å². The van der Waals surface area contributed by atoms with Crippen LogP contribution in [0.2, 0.25) is 0 Å². The lowest BCUT2D eigenvalue weighted by atomic mass is 9.81. The molecule has 5 nitrogen and oxygen atoms in total. The SMILES string of the molecule is CCN(CC)C(=O)C1CCC(C(=O)Nc2ccc(C#N)cc2)CC1. The third-order valence-corrected chi connectivity index (χ3v) is 4.80. The van der Waals surface area contributed by atoms with Crippen LogP contribution in [0.15, 0.2) is 24.3 Å². The van der Waals surface area contributed by atoms with Crippen LogP contribution in [0.25, 0.3) is 0 Å². The Morgan fingerprint density at radius 2 is 1.62 bits per heavy atom. The summed E-state index contributed by atoms with van der Waals surface area (Å²) in [5.74, 6) is 0.254. The number of hydrogen-bond acceptors (Lipinski definition) is 3. The summed E-state index contributed by atoms with van der Waals surface area (Å²) in [6.45, 7) is 5.49. The molecule has 1 aliphatic carbocycles. The molecule has 1 aliphatic rings. The minimum Gasteiger partial charge on any atom is -0.343 e. The molecule has 0 bridgehead atoms. The maximum Gasteiger partial charge on any atom is 0.227 e. The van der Waals surface area contributed by atoms with E-state index in [1.165, 1.54) is 0 Å². The van der Waals surface area contributed by atoms with Crippen LogP contribution in [0.4, 0.5) is 5.69 Å². The van der Waals surface area contributed by atoms with Gasteiger partial charge in [0.05, 0.1) is 11.6 Å². The zero-order valence-corrected chi connectivity index (χ0v) is 14.4. The van der Waals surface area contributed by atoms with Gasteiger partial charge in [0, 0.05) is 30.6 Å². The summed E-state index contributed by atoms with van der Waals surface area (Å²) in [7, 11) is 0. The number of nitrogens with one attached hydrogen (secondary N) is 1. The fourth-order valence-electron chi connectivity index (χ4n) is 3.27. The van der Waals surface area contributed by atoms with E-state index in [2.05, 4.69) is 11.4 Å². The molecule has 1 saturated carbocycles. The predicted molar refractivity (Wildman–Crippen MR) is 93.2 cm³/mol. The van der Waals surface area contributed by atoms with Gasteiger partial charge in [0.15, 0.2) is 0 Å². The van der Waals surface area contributed by atoms with E-state index in [0.717, 1.165) is 38.8 Å². The summed E-state index contributed by atoms with van der Waals surface area (Å²) in [6.07, 6.45) is 3.06. The maximum atomic E-state index is 12.4. The Kier molecular flexibility index (Phi) is 6.36. The molecule has 1 aromatic carbocycles. The fraction of sp³-hybridized carbons (Fsp3) is 0.526. The van der Waals surface area contributed by atoms with Gasteiger partial charge < -0.3 is 10.2 Å². The molecule has 1 N–H and O–H groups in total. The normalized spacial score (nSPS) is 20.0. The van der Waals surface area contributed by atoms with Gasteiger partial charge in [0.2, 0.25) is 11.8 Å². The number of hydrogen-bond donors (Lipinski definition) is 1. The lowest BCUT2D eigenvalue weighted by Crippen LogP contribution is -2.38. The fourth-order valence-corrected chi connectivity index (χ4v) is 3.27. The quantitative estimate of drug-likeness (QED) is 0.902. The molecule has 0 unspecified atom stereocenters. The monoisotopic (exact) mass is 327 g/mol. The molecule has 0 radical (unpaired) electrons. The summed E-state index contributed by atoms with van der Waals surface area (Å²) in [4.78, 5) is 26.6. The topological polar surface area (TPSA) is 73.2 Å². The van der Waals surface area contributed by atoms with Crippen LogP contribution in [-0.2, 0) is 9.59 Å². The van der Waals surface area contributed by atoms with E-state index in [1.807, 2.05) is 18.7 Å². The average molecular weight is 327 g/mol. The Labute approximate surface area is 143 Å². The van der Waals surface area contributed by atoms with E-state index in [1.54, 1.807) is 24.3 Å². The van der Waals surface area contributed by atoms with E-state index in [9.17, 15) is 9.59 Å². The van der Waals surface area contributed by atoms with Gasteiger partial charge in [-0.2, -0.15) is 5.26 Å². The second-order valence-electron chi connectivity index (χ2n) is 6.24. The number of amides is 2. The molecule has 0 spiro atoms. The lowest BCUT2D eigenvalue weighted by molar-refractivity contribution is -0.137. The third-order valence-electron chi connectivity index (χ3n) is 4.80. The average Bonchev–Trinajstić information content (AvgIpc) is 2.63. The van der Waals surface area contributed by atoms with Crippen LogP contribution in [0, 0.1) is 23.2 Å². The summed E-state index contributed by atoms with van der Waals surface area (Å²) in [5.41, 5.74) is 1.28. The van der Waals surface area contributed by atoms with Crippen LogP contribution in [0.5, 0.6) is 0 Å². The Bertz CT molecular complexity index is 606. The molecule has 0 aromatic heterocycles. The predicted octanol–water partition coefficient (Wildman–Crippen LogP) is 3.17. The number of rotatable bonds is 5. The van der Waals surface area contributed by atoms with Gasteiger partial charge in [0.25, 0.3) is 0 Å². The summed E-state index contributed by atoms with van der Waals surface area (Å²) in [6, 6.07) is 8.92. The van der Waals surface area contributed by atoms with Crippen molar-refractivity contribution in [2.45, 2.75) is 39.5 Å². The molecule has 2 rings (SSSR count). The van der Waals surface area contributed by atoms with Crippen molar-refractivity contribution < 1.29 is 9.59 Å². The molecule has 2 amide bonds. The molecular formula is C19H25N3O2. The molecule has 0 aliphatic heterocycles. The highest BCUT2D eigenvalue weighted by Gasteiger charge is 2.31. The molecule has 1 fully saturated rings. The number of nitriles is 1. The Morgan fingerprint density at radius 1 is 1.08 bits per heavy atom. The zero-order valence-electron chi connectivity index (χ0n) is 14.4. The molecule has 1 aromatic rings. The van der Waals surface area contributed by atoms with Crippen molar-refractivity contribution in [3.8, 4) is 6.07 Å². The first kappa shape index (κ1) is 18.0. The van der Waals surface area contributed by atoms with Gasteiger partial charge in [-0.15, -0.1) is 0 Å². The number of anilines is 1. The minimum atomic E-state index is -0.0404. The van der Waals surface area contributed by atoms with E-state index < -0.39 is 0 Å². The summed E-state index contributed by atoms with van der Waals surface area (Å²) >= 11 is 0. The number of carbonyl (C=O) groups excluding carboxylic acids is 2. The molecular weight excluding hydrogens is 302 g/mol. The van der Waals surface area contributed by atoms with Crippen LogP contribution in [0.1, 0.15) is 45.1 Å². The maximum absolute atomic E-state index is 12.4. The molecule has 24 heavy (non-hydrogen) atoms. The van der Waals surface area contributed by atoms with Gasteiger partial charge >= 0.3 is 0 Å². The van der Waals surface area contributed by atoms with Gasteiger partial charge in [0.1, 0.15) is 0 Å². The van der Waals surface area contributed by atoms with Gasteiger partial charge in [-0.25, -0.2) is 0 Å². The first-order valence-corrected chi connectivity index (χ1v) is 8.68. The van der Waals surface area contributed by atoms with Crippen molar-refractivity contribution in [3.05, 3.63) is 29.8 Å².